The Morgan fingerprint density at radius 2 is 1.66 bits per heavy atom. The lowest BCUT2D eigenvalue weighted by Crippen LogP contribution is -2.20. The molecule has 162 valence electrons. The van der Waals surface area contributed by atoms with Crippen LogP contribution in [0.1, 0.15) is 28.4 Å². The molecule has 6 heteroatoms. The Bertz CT molecular complexity index is 1100. The van der Waals surface area contributed by atoms with Crippen molar-refractivity contribution < 1.29 is 23.9 Å². The second-order valence-electron chi connectivity index (χ2n) is 6.97. The minimum absolute atomic E-state index is 0.103. The topological polar surface area (TPSA) is 81.7 Å². The maximum Gasteiger partial charge on any atom is 0.331 e. The number of rotatable bonds is 9. The van der Waals surface area contributed by atoms with Gasteiger partial charge in [-0.1, -0.05) is 54.6 Å². The van der Waals surface area contributed by atoms with E-state index in [0.29, 0.717) is 17.9 Å². The van der Waals surface area contributed by atoms with Crippen LogP contribution in [-0.2, 0) is 20.9 Å². The summed E-state index contributed by atoms with van der Waals surface area (Å²) in [7, 11) is 0. The van der Waals surface area contributed by atoms with Gasteiger partial charge in [0.05, 0.1) is 0 Å². The summed E-state index contributed by atoms with van der Waals surface area (Å²) in [6.45, 7) is 1.49. The summed E-state index contributed by atoms with van der Waals surface area (Å²) in [6, 6.07) is 23.7. The molecule has 1 amide bonds. The molecule has 0 aliphatic heterocycles. The van der Waals surface area contributed by atoms with Crippen LogP contribution in [-0.4, -0.2) is 24.3 Å². The Morgan fingerprint density at radius 3 is 2.38 bits per heavy atom. The third kappa shape index (κ3) is 7.25. The van der Waals surface area contributed by atoms with Crippen molar-refractivity contribution in [3.8, 4) is 5.75 Å². The van der Waals surface area contributed by atoms with Gasteiger partial charge < -0.3 is 14.8 Å². The van der Waals surface area contributed by atoms with Crippen molar-refractivity contribution in [3.63, 3.8) is 0 Å². The fourth-order valence-corrected chi connectivity index (χ4v) is 2.78. The van der Waals surface area contributed by atoms with Gasteiger partial charge in [0, 0.05) is 17.3 Å². The molecule has 0 saturated heterocycles. The highest BCUT2D eigenvalue weighted by molar-refractivity contribution is 5.98. The number of carbonyl (C=O) groups excluding carboxylic acids is 3. The van der Waals surface area contributed by atoms with Gasteiger partial charge in [0.25, 0.3) is 5.91 Å². The zero-order valence-electron chi connectivity index (χ0n) is 17.6. The van der Waals surface area contributed by atoms with Crippen LogP contribution in [0.2, 0.25) is 0 Å². The number of amides is 1. The molecule has 0 unspecified atom stereocenters. The first-order chi connectivity index (χ1) is 15.5. The third-order valence-corrected chi connectivity index (χ3v) is 4.44. The molecule has 3 aromatic carbocycles. The normalized spacial score (nSPS) is 10.5. The second-order valence-corrected chi connectivity index (χ2v) is 6.97. The number of ether oxygens (including phenoxy) is 2. The van der Waals surface area contributed by atoms with Gasteiger partial charge in [-0.3, -0.25) is 9.59 Å². The molecule has 0 saturated carbocycles. The molecule has 0 spiro atoms. The van der Waals surface area contributed by atoms with Crippen LogP contribution < -0.4 is 10.1 Å². The molecule has 0 heterocycles. The van der Waals surface area contributed by atoms with Crippen molar-refractivity contribution in [2.75, 3.05) is 11.9 Å². The average Bonchev–Trinajstić information content (AvgIpc) is 2.81. The van der Waals surface area contributed by atoms with E-state index in [1.54, 1.807) is 30.3 Å². The number of benzene rings is 3. The summed E-state index contributed by atoms with van der Waals surface area (Å²) in [5.74, 6) is -0.512. The lowest BCUT2D eigenvalue weighted by molar-refractivity contribution is -0.142. The van der Waals surface area contributed by atoms with Gasteiger partial charge in [-0.05, 0) is 48.4 Å². The summed E-state index contributed by atoms with van der Waals surface area (Å²) in [5, 5.41) is 2.59. The number of hydrogen-bond acceptors (Lipinski definition) is 5. The zero-order chi connectivity index (χ0) is 22.8. The smallest absolute Gasteiger partial charge is 0.331 e. The minimum atomic E-state index is -0.637. The monoisotopic (exact) mass is 429 g/mol. The number of anilines is 1. The molecule has 6 nitrogen and oxygen atoms in total. The fourth-order valence-electron chi connectivity index (χ4n) is 2.78. The SMILES string of the molecule is CC(=O)c1cccc(NC(=O)COC(=O)/C=C/c2ccc(OCc3ccccc3)cc2)c1. The average molecular weight is 429 g/mol. The van der Waals surface area contributed by atoms with Gasteiger partial charge >= 0.3 is 5.97 Å². The third-order valence-electron chi connectivity index (χ3n) is 4.44. The Hall–Kier alpha value is -4.19. The molecule has 3 rings (SSSR count). The van der Waals surface area contributed by atoms with E-state index in [0.717, 1.165) is 16.9 Å². The van der Waals surface area contributed by atoms with E-state index in [4.69, 9.17) is 9.47 Å². The Balaban J connectivity index is 1.43. The van der Waals surface area contributed by atoms with E-state index in [9.17, 15) is 14.4 Å². The Morgan fingerprint density at radius 1 is 0.906 bits per heavy atom. The van der Waals surface area contributed by atoms with Crippen molar-refractivity contribution in [2.24, 2.45) is 0 Å². The summed E-state index contributed by atoms with van der Waals surface area (Å²) in [4.78, 5) is 35.2. The van der Waals surface area contributed by atoms with E-state index in [1.165, 1.54) is 13.0 Å². The summed E-state index contributed by atoms with van der Waals surface area (Å²) < 4.78 is 10.7. The van der Waals surface area contributed by atoms with Gasteiger partial charge in [-0.15, -0.1) is 0 Å². The van der Waals surface area contributed by atoms with E-state index in [1.807, 2.05) is 54.6 Å². The highest BCUT2D eigenvalue weighted by Gasteiger charge is 2.07. The largest absolute Gasteiger partial charge is 0.489 e. The molecule has 0 aromatic heterocycles. The summed E-state index contributed by atoms with van der Waals surface area (Å²) >= 11 is 0. The molecule has 0 bridgehead atoms. The molecular formula is C26H23NO5. The Kier molecular flexibility index (Phi) is 7.92. The molecule has 0 aliphatic rings. The number of ketones is 1. The maximum atomic E-state index is 12.0. The van der Waals surface area contributed by atoms with Crippen LogP contribution in [0.3, 0.4) is 0 Å². The van der Waals surface area contributed by atoms with Crippen molar-refractivity contribution in [2.45, 2.75) is 13.5 Å². The molecule has 0 radical (unpaired) electrons. The molecule has 3 aromatic rings. The van der Waals surface area contributed by atoms with Gasteiger partial charge in [-0.2, -0.15) is 0 Å². The Labute approximate surface area is 186 Å². The van der Waals surface area contributed by atoms with Crippen LogP contribution in [0.15, 0.2) is 84.9 Å². The lowest BCUT2D eigenvalue weighted by atomic mass is 10.1. The number of nitrogens with one attached hydrogen (secondary N) is 1. The van der Waals surface area contributed by atoms with Crippen LogP contribution in [0.5, 0.6) is 5.75 Å². The van der Waals surface area contributed by atoms with Crippen molar-refractivity contribution in [1.82, 2.24) is 0 Å². The van der Waals surface area contributed by atoms with Crippen LogP contribution in [0.4, 0.5) is 5.69 Å². The molecule has 0 atom stereocenters. The quantitative estimate of drug-likeness (QED) is 0.304. The number of hydrogen-bond donors (Lipinski definition) is 1. The number of Topliss-reactive ketones (excluding diaryl/α,β-unsaturated/α-hetero) is 1. The summed E-state index contributed by atoms with van der Waals surface area (Å²) in [5.41, 5.74) is 2.82. The molecule has 0 aliphatic carbocycles. The fraction of sp³-hybridized carbons (Fsp3) is 0.115. The van der Waals surface area contributed by atoms with E-state index in [-0.39, 0.29) is 5.78 Å². The minimum Gasteiger partial charge on any atom is -0.489 e. The predicted molar refractivity (Wildman–Crippen MR) is 122 cm³/mol. The van der Waals surface area contributed by atoms with E-state index >= 15 is 0 Å². The highest BCUT2D eigenvalue weighted by atomic mass is 16.5. The van der Waals surface area contributed by atoms with Crippen LogP contribution >= 0.6 is 0 Å². The first-order valence-corrected chi connectivity index (χ1v) is 10.0. The first kappa shape index (κ1) is 22.5. The molecule has 1 N–H and O–H groups in total. The van der Waals surface area contributed by atoms with Gasteiger partial charge in [-0.25, -0.2) is 4.79 Å². The van der Waals surface area contributed by atoms with Gasteiger partial charge in [0.1, 0.15) is 12.4 Å². The van der Waals surface area contributed by atoms with Crippen LogP contribution in [0, 0.1) is 0 Å². The maximum absolute atomic E-state index is 12.0. The zero-order valence-corrected chi connectivity index (χ0v) is 17.6. The summed E-state index contributed by atoms with van der Waals surface area (Å²) in [6.07, 6.45) is 2.85. The van der Waals surface area contributed by atoms with E-state index < -0.39 is 18.5 Å². The second kappa shape index (κ2) is 11.3. The standard InChI is InChI=1S/C26H23NO5/c1-19(28)22-8-5-9-23(16-22)27-25(29)18-32-26(30)15-12-20-10-13-24(14-11-20)31-17-21-6-3-2-4-7-21/h2-16H,17-18H2,1H3,(H,27,29)/b15-12+. The van der Waals surface area contributed by atoms with Crippen molar-refractivity contribution in [3.05, 3.63) is 102 Å². The molecule has 32 heavy (non-hydrogen) atoms. The van der Waals surface area contributed by atoms with Crippen molar-refractivity contribution >= 4 is 29.4 Å². The highest BCUT2D eigenvalue weighted by Crippen LogP contribution is 2.15. The van der Waals surface area contributed by atoms with Crippen LogP contribution in [0.25, 0.3) is 6.08 Å². The van der Waals surface area contributed by atoms with Gasteiger partial charge in [0.2, 0.25) is 0 Å². The lowest BCUT2D eigenvalue weighted by Gasteiger charge is -2.07. The molecule has 0 fully saturated rings. The van der Waals surface area contributed by atoms with Crippen molar-refractivity contribution in [1.29, 1.82) is 0 Å². The van der Waals surface area contributed by atoms with Gasteiger partial charge in [0.15, 0.2) is 12.4 Å². The number of carbonyl (C=O) groups is 3. The molecular weight excluding hydrogens is 406 g/mol. The van der Waals surface area contributed by atoms with E-state index in [2.05, 4.69) is 5.32 Å². The number of esters is 1. The predicted octanol–water partition coefficient (Wildman–Crippen LogP) is 4.66. The first-order valence-electron chi connectivity index (χ1n) is 10.0.